The standard InChI is InChI=1S/C15H18N2O2S/c1-11(14-16-8-9-20-14)10-17(2)15(19)13(18)12-6-4-3-5-7-12/h3-9,11,13,18H,10H2,1-2H3/t11-,13+/m0/s1. The SMILES string of the molecule is C[C@@H](CN(C)C(=O)[C@H](O)c1ccccc1)c1nccs1. The summed E-state index contributed by atoms with van der Waals surface area (Å²) in [6, 6.07) is 8.98. The monoisotopic (exact) mass is 290 g/mol. The Kier molecular flexibility index (Phi) is 4.87. The molecule has 0 unspecified atom stereocenters. The van der Waals surface area contributed by atoms with Crippen molar-refractivity contribution >= 4 is 17.2 Å². The van der Waals surface area contributed by atoms with Crippen molar-refractivity contribution in [2.45, 2.75) is 18.9 Å². The fraction of sp³-hybridized carbons (Fsp3) is 0.333. The van der Waals surface area contributed by atoms with Crippen LogP contribution in [-0.4, -0.2) is 34.5 Å². The molecule has 0 saturated carbocycles. The topological polar surface area (TPSA) is 53.4 Å². The van der Waals surface area contributed by atoms with Crippen molar-refractivity contribution in [1.82, 2.24) is 9.88 Å². The van der Waals surface area contributed by atoms with Gasteiger partial charge in [-0.2, -0.15) is 0 Å². The highest BCUT2D eigenvalue weighted by Crippen LogP contribution is 2.20. The van der Waals surface area contributed by atoms with E-state index in [1.165, 1.54) is 0 Å². The summed E-state index contributed by atoms with van der Waals surface area (Å²) in [5.41, 5.74) is 0.617. The van der Waals surface area contributed by atoms with Crippen LogP contribution in [0.4, 0.5) is 0 Å². The quantitative estimate of drug-likeness (QED) is 0.920. The molecule has 2 aromatic rings. The van der Waals surface area contributed by atoms with E-state index in [-0.39, 0.29) is 11.8 Å². The Balaban J connectivity index is 1.98. The number of aliphatic hydroxyl groups excluding tert-OH is 1. The maximum Gasteiger partial charge on any atom is 0.255 e. The third kappa shape index (κ3) is 3.43. The van der Waals surface area contributed by atoms with Gasteiger partial charge in [0, 0.05) is 31.1 Å². The maximum atomic E-state index is 12.2. The molecule has 5 heteroatoms. The van der Waals surface area contributed by atoms with Gasteiger partial charge in [-0.05, 0) is 5.56 Å². The molecular formula is C15H18N2O2S. The Morgan fingerprint density at radius 3 is 2.70 bits per heavy atom. The van der Waals surface area contributed by atoms with Crippen LogP contribution in [0.5, 0.6) is 0 Å². The Morgan fingerprint density at radius 1 is 1.40 bits per heavy atom. The van der Waals surface area contributed by atoms with Gasteiger partial charge in [-0.3, -0.25) is 4.79 Å². The van der Waals surface area contributed by atoms with E-state index < -0.39 is 6.10 Å². The van der Waals surface area contributed by atoms with E-state index in [2.05, 4.69) is 4.98 Å². The fourth-order valence-corrected chi connectivity index (χ4v) is 2.73. The Labute approximate surface area is 122 Å². The average molecular weight is 290 g/mol. The molecule has 0 spiro atoms. The highest BCUT2D eigenvalue weighted by Gasteiger charge is 2.23. The lowest BCUT2D eigenvalue weighted by molar-refractivity contribution is -0.139. The van der Waals surface area contributed by atoms with Crippen molar-refractivity contribution in [3.63, 3.8) is 0 Å². The van der Waals surface area contributed by atoms with Gasteiger partial charge in [0.05, 0.1) is 5.01 Å². The number of thiazole rings is 1. The molecule has 0 aliphatic heterocycles. The summed E-state index contributed by atoms with van der Waals surface area (Å²) in [7, 11) is 1.71. The second-order valence-corrected chi connectivity index (χ2v) is 5.73. The van der Waals surface area contributed by atoms with Gasteiger partial charge in [0.1, 0.15) is 0 Å². The van der Waals surface area contributed by atoms with Gasteiger partial charge in [0.15, 0.2) is 6.10 Å². The van der Waals surface area contributed by atoms with Gasteiger partial charge in [0.2, 0.25) is 0 Å². The number of likely N-dealkylation sites (N-methyl/N-ethyl adjacent to an activating group) is 1. The number of amides is 1. The molecule has 1 amide bonds. The first-order valence-electron chi connectivity index (χ1n) is 6.47. The number of benzene rings is 1. The molecule has 1 N–H and O–H groups in total. The first kappa shape index (κ1) is 14.7. The van der Waals surface area contributed by atoms with Crippen molar-refractivity contribution in [2.24, 2.45) is 0 Å². The highest BCUT2D eigenvalue weighted by molar-refractivity contribution is 7.09. The van der Waals surface area contributed by atoms with Crippen molar-refractivity contribution < 1.29 is 9.90 Å². The molecule has 106 valence electrons. The summed E-state index contributed by atoms with van der Waals surface area (Å²) < 4.78 is 0. The summed E-state index contributed by atoms with van der Waals surface area (Å²) in [6.07, 6.45) is 0.654. The number of nitrogens with zero attached hydrogens (tertiary/aromatic N) is 2. The number of aromatic nitrogens is 1. The van der Waals surface area contributed by atoms with E-state index >= 15 is 0 Å². The number of hydrogen-bond acceptors (Lipinski definition) is 4. The number of aliphatic hydroxyl groups is 1. The second-order valence-electron chi connectivity index (χ2n) is 4.80. The average Bonchev–Trinajstić information content (AvgIpc) is 3.01. The molecule has 0 saturated heterocycles. The van der Waals surface area contributed by atoms with Gasteiger partial charge in [-0.1, -0.05) is 37.3 Å². The first-order chi connectivity index (χ1) is 9.59. The molecule has 0 radical (unpaired) electrons. The van der Waals surface area contributed by atoms with Crippen molar-refractivity contribution in [2.75, 3.05) is 13.6 Å². The molecule has 4 nitrogen and oxygen atoms in total. The van der Waals surface area contributed by atoms with Gasteiger partial charge in [0.25, 0.3) is 5.91 Å². The van der Waals surface area contributed by atoms with Crippen LogP contribution < -0.4 is 0 Å². The maximum absolute atomic E-state index is 12.2. The van der Waals surface area contributed by atoms with Crippen LogP contribution in [0.15, 0.2) is 41.9 Å². The Bertz CT molecular complexity index is 542. The van der Waals surface area contributed by atoms with E-state index in [1.54, 1.807) is 41.6 Å². The number of rotatable bonds is 5. The van der Waals surface area contributed by atoms with E-state index in [0.29, 0.717) is 12.1 Å². The minimum atomic E-state index is -1.11. The lowest BCUT2D eigenvalue weighted by Crippen LogP contribution is -2.34. The van der Waals surface area contributed by atoms with E-state index in [0.717, 1.165) is 5.01 Å². The minimum Gasteiger partial charge on any atom is -0.378 e. The summed E-state index contributed by atoms with van der Waals surface area (Å²) in [5, 5.41) is 13.0. The summed E-state index contributed by atoms with van der Waals surface area (Å²) >= 11 is 1.58. The van der Waals surface area contributed by atoms with Crippen LogP contribution in [0, 0.1) is 0 Å². The van der Waals surface area contributed by atoms with E-state index in [4.69, 9.17) is 0 Å². The van der Waals surface area contributed by atoms with Gasteiger partial charge in [-0.25, -0.2) is 4.98 Å². The van der Waals surface area contributed by atoms with Crippen molar-refractivity contribution in [3.05, 3.63) is 52.5 Å². The second kappa shape index (κ2) is 6.63. The molecule has 2 atom stereocenters. The van der Waals surface area contributed by atoms with E-state index in [9.17, 15) is 9.90 Å². The minimum absolute atomic E-state index is 0.159. The number of carbonyl (C=O) groups excluding carboxylic acids is 1. The number of carbonyl (C=O) groups is 1. The van der Waals surface area contributed by atoms with Crippen LogP contribution in [0.2, 0.25) is 0 Å². The molecule has 1 aromatic heterocycles. The summed E-state index contributed by atoms with van der Waals surface area (Å²) in [4.78, 5) is 18.0. The molecule has 0 aliphatic carbocycles. The predicted octanol–water partition coefficient (Wildman–Crippen LogP) is 2.44. The Morgan fingerprint density at radius 2 is 2.10 bits per heavy atom. The molecule has 0 bridgehead atoms. The van der Waals surface area contributed by atoms with Crippen molar-refractivity contribution in [3.8, 4) is 0 Å². The van der Waals surface area contributed by atoms with Crippen LogP contribution >= 0.6 is 11.3 Å². The van der Waals surface area contributed by atoms with Crippen LogP contribution in [0.3, 0.4) is 0 Å². The zero-order chi connectivity index (χ0) is 14.5. The lowest BCUT2D eigenvalue weighted by atomic mass is 10.1. The molecule has 0 aliphatic rings. The van der Waals surface area contributed by atoms with Crippen molar-refractivity contribution in [1.29, 1.82) is 0 Å². The third-order valence-electron chi connectivity index (χ3n) is 3.15. The molecule has 2 rings (SSSR count). The largest absolute Gasteiger partial charge is 0.378 e. The van der Waals surface area contributed by atoms with Gasteiger partial charge < -0.3 is 10.0 Å². The molecule has 1 aromatic carbocycles. The zero-order valence-electron chi connectivity index (χ0n) is 11.6. The summed E-state index contributed by atoms with van der Waals surface area (Å²) in [6.45, 7) is 2.56. The van der Waals surface area contributed by atoms with E-state index in [1.807, 2.05) is 30.5 Å². The number of hydrogen-bond donors (Lipinski definition) is 1. The first-order valence-corrected chi connectivity index (χ1v) is 7.35. The zero-order valence-corrected chi connectivity index (χ0v) is 12.4. The van der Waals surface area contributed by atoms with Gasteiger partial charge >= 0.3 is 0 Å². The summed E-state index contributed by atoms with van der Waals surface area (Å²) in [5.74, 6) is -0.133. The Hall–Kier alpha value is -1.72. The third-order valence-corrected chi connectivity index (χ3v) is 4.15. The smallest absolute Gasteiger partial charge is 0.255 e. The molecule has 1 heterocycles. The molecule has 20 heavy (non-hydrogen) atoms. The lowest BCUT2D eigenvalue weighted by Gasteiger charge is -2.23. The molecule has 0 fully saturated rings. The van der Waals surface area contributed by atoms with Gasteiger partial charge in [-0.15, -0.1) is 11.3 Å². The fourth-order valence-electron chi connectivity index (χ4n) is 2.04. The normalized spacial score (nSPS) is 13.8. The molecular weight excluding hydrogens is 272 g/mol. The highest BCUT2D eigenvalue weighted by atomic mass is 32.1. The van der Waals surface area contributed by atoms with Crippen LogP contribution in [0.25, 0.3) is 0 Å². The van der Waals surface area contributed by atoms with Crippen LogP contribution in [0.1, 0.15) is 29.5 Å². The van der Waals surface area contributed by atoms with Crippen LogP contribution in [-0.2, 0) is 4.79 Å². The predicted molar refractivity (Wildman–Crippen MR) is 79.6 cm³/mol.